The first-order valence-electron chi connectivity index (χ1n) is 5.42. The Kier molecular flexibility index (Phi) is 4.85. The van der Waals surface area contributed by atoms with Crippen molar-refractivity contribution in [3.63, 3.8) is 0 Å². The number of ether oxygens (including phenoxy) is 3. The Morgan fingerprint density at radius 3 is 2.43 bits per heavy atom. The molecular weight excluding hydrogens is 180 g/mol. The van der Waals surface area contributed by atoms with E-state index in [1.165, 1.54) is 0 Å². The topological polar surface area (TPSA) is 27.7 Å². The molecule has 0 aromatic carbocycles. The quantitative estimate of drug-likeness (QED) is 0.467. The van der Waals surface area contributed by atoms with Gasteiger partial charge in [-0.1, -0.05) is 20.8 Å². The summed E-state index contributed by atoms with van der Waals surface area (Å²) in [6, 6.07) is 0. The minimum Gasteiger partial charge on any atom is -0.380 e. The van der Waals surface area contributed by atoms with Gasteiger partial charge >= 0.3 is 0 Å². The second-order valence-electron chi connectivity index (χ2n) is 4.58. The Morgan fingerprint density at radius 1 is 1.29 bits per heavy atom. The monoisotopic (exact) mass is 202 g/mol. The van der Waals surface area contributed by atoms with Crippen molar-refractivity contribution in [2.75, 3.05) is 33.2 Å². The van der Waals surface area contributed by atoms with Gasteiger partial charge in [-0.25, -0.2) is 0 Å². The molecule has 1 rings (SSSR count). The van der Waals surface area contributed by atoms with E-state index in [0.29, 0.717) is 12.7 Å². The molecule has 1 saturated heterocycles. The van der Waals surface area contributed by atoms with E-state index >= 15 is 0 Å². The minimum absolute atomic E-state index is 0.279. The molecule has 0 bridgehead atoms. The van der Waals surface area contributed by atoms with Gasteiger partial charge in [-0.3, -0.25) is 0 Å². The van der Waals surface area contributed by atoms with Crippen molar-refractivity contribution in [2.45, 2.75) is 27.2 Å². The Bertz CT molecular complexity index is 147. The lowest BCUT2D eigenvalue weighted by atomic mass is 9.84. The molecule has 0 aromatic rings. The van der Waals surface area contributed by atoms with E-state index in [-0.39, 0.29) is 5.41 Å². The zero-order chi connectivity index (χ0) is 10.4. The van der Waals surface area contributed by atoms with Gasteiger partial charge in [0.05, 0.1) is 26.4 Å². The Morgan fingerprint density at radius 2 is 2.00 bits per heavy atom. The highest BCUT2D eigenvalue weighted by Gasteiger charge is 2.36. The Balaban J connectivity index is 1.97. The van der Waals surface area contributed by atoms with E-state index in [9.17, 15) is 0 Å². The third kappa shape index (κ3) is 3.56. The zero-order valence-electron chi connectivity index (χ0n) is 9.54. The molecule has 1 aliphatic rings. The van der Waals surface area contributed by atoms with E-state index in [1.54, 1.807) is 0 Å². The van der Waals surface area contributed by atoms with Crippen LogP contribution in [0.25, 0.3) is 0 Å². The SMILES string of the molecule is CCC1(COCOCC(C)C)COC1. The van der Waals surface area contributed by atoms with E-state index < -0.39 is 0 Å². The van der Waals surface area contributed by atoms with Crippen LogP contribution in [0.4, 0.5) is 0 Å². The first-order valence-corrected chi connectivity index (χ1v) is 5.42. The molecule has 1 fully saturated rings. The fraction of sp³-hybridized carbons (Fsp3) is 1.00. The highest BCUT2D eigenvalue weighted by atomic mass is 16.7. The fourth-order valence-corrected chi connectivity index (χ4v) is 1.38. The molecule has 0 aromatic heterocycles. The van der Waals surface area contributed by atoms with Gasteiger partial charge in [0.25, 0.3) is 0 Å². The number of hydrogen-bond donors (Lipinski definition) is 0. The van der Waals surface area contributed by atoms with Crippen molar-refractivity contribution in [3.05, 3.63) is 0 Å². The average Bonchev–Trinajstić information content (AvgIpc) is 2.08. The van der Waals surface area contributed by atoms with Crippen molar-refractivity contribution in [1.29, 1.82) is 0 Å². The van der Waals surface area contributed by atoms with E-state index in [4.69, 9.17) is 14.2 Å². The van der Waals surface area contributed by atoms with Crippen LogP contribution in [0, 0.1) is 11.3 Å². The molecule has 0 saturated carbocycles. The Labute approximate surface area is 86.7 Å². The second kappa shape index (κ2) is 5.69. The summed E-state index contributed by atoms with van der Waals surface area (Å²) >= 11 is 0. The van der Waals surface area contributed by atoms with Crippen LogP contribution < -0.4 is 0 Å². The summed E-state index contributed by atoms with van der Waals surface area (Å²) in [4.78, 5) is 0. The van der Waals surface area contributed by atoms with Crippen molar-refractivity contribution < 1.29 is 14.2 Å². The lowest BCUT2D eigenvalue weighted by Gasteiger charge is -2.40. The molecule has 84 valence electrons. The van der Waals surface area contributed by atoms with Crippen molar-refractivity contribution in [1.82, 2.24) is 0 Å². The first-order chi connectivity index (χ1) is 6.68. The maximum Gasteiger partial charge on any atom is 0.146 e. The number of rotatable bonds is 7. The highest BCUT2D eigenvalue weighted by Crippen LogP contribution is 2.31. The second-order valence-corrected chi connectivity index (χ2v) is 4.58. The standard InChI is InChI=1S/C11H22O3/c1-4-11(6-13-7-11)8-14-9-12-5-10(2)3/h10H,4-9H2,1-3H3. The molecule has 0 amide bonds. The van der Waals surface area contributed by atoms with Gasteiger partial charge in [0, 0.05) is 5.41 Å². The third-order valence-corrected chi connectivity index (χ3v) is 2.59. The summed E-state index contributed by atoms with van der Waals surface area (Å²) in [6.45, 7) is 10.1. The van der Waals surface area contributed by atoms with Crippen LogP contribution >= 0.6 is 0 Å². The van der Waals surface area contributed by atoms with Crippen LogP contribution in [0.3, 0.4) is 0 Å². The van der Waals surface area contributed by atoms with Crippen molar-refractivity contribution in [3.8, 4) is 0 Å². The Hall–Kier alpha value is -0.120. The molecule has 1 heterocycles. The molecule has 14 heavy (non-hydrogen) atoms. The molecule has 0 spiro atoms. The summed E-state index contributed by atoms with van der Waals surface area (Å²) in [7, 11) is 0. The summed E-state index contributed by atoms with van der Waals surface area (Å²) in [5.41, 5.74) is 0.279. The van der Waals surface area contributed by atoms with E-state index in [1.807, 2.05) is 0 Å². The van der Waals surface area contributed by atoms with Crippen molar-refractivity contribution >= 4 is 0 Å². The predicted octanol–water partition coefficient (Wildman–Crippen LogP) is 2.06. The van der Waals surface area contributed by atoms with Gasteiger partial charge in [0.2, 0.25) is 0 Å². The van der Waals surface area contributed by atoms with Gasteiger partial charge in [-0.15, -0.1) is 0 Å². The van der Waals surface area contributed by atoms with Gasteiger partial charge in [0.1, 0.15) is 6.79 Å². The lowest BCUT2D eigenvalue weighted by molar-refractivity contribution is -0.174. The summed E-state index contributed by atoms with van der Waals surface area (Å²) < 4.78 is 16.0. The largest absolute Gasteiger partial charge is 0.380 e. The highest BCUT2D eigenvalue weighted by molar-refractivity contribution is 4.83. The maximum absolute atomic E-state index is 5.48. The van der Waals surface area contributed by atoms with Crippen LogP contribution in [-0.4, -0.2) is 33.2 Å². The van der Waals surface area contributed by atoms with Crippen LogP contribution in [0.15, 0.2) is 0 Å². The van der Waals surface area contributed by atoms with E-state index in [2.05, 4.69) is 20.8 Å². The van der Waals surface area contributed by atoms with Crippen LogP contribution in [-0.2, 0) is 14.2 Å². The average molecular weight is 202 g/mol. The van der Waals surface area contributed by atoms with Crippen LogP contribution in [0.5, 0.6) is 0 Å². The van der Waals surface area contributed by atoms with Gasteiger partial charge < -0.3 is 14.2 Å². The summed E-state index contributed by atoms with van der Waals surface area (Å²) in [5.74, 6) is 0.575. The van der Waals surface area contributed by atoms with E-state index in [0.717, 1.165) is 32.8 Å². The molecule has 0 radical (unpaired) electrons. The summed E-state index contributed by atoms with van der Waals surface area (Å²) in [6.07, 6.45) is 1.12. The van der Waals surface area contributed by atoms with Crippen molar-refractivity contribution in [2.24, 2.45) is 11.3 Å². The first kappa shape index (κ1) is 12.0. The van der Waals surface area contributed by atoms with Crippen LogP contribution in [0.2, 0.25) is 0 Å². The molecule has 0 atom stereocenters. The minimum atomic E-state index is 0.279. The van der Waals surface area contributed by atoms with Gasteiger partial charge in [-0.05, 0) is 12.3 Å². The number of hydrogen-bond acceptors (Lipinski definition) is 3. The molecule has 0 N–H and O–H groups in total. The zero-order valence-corrected chi connectivity index (χ0v) is 9.54. The molecule has 3 nitrogen and oxygen atoms in total. The lowest BCUT2D eigenvalue weighted by Crippen LogP contribution is -2.45. The molecule has 3 heteroatoms. The van der Waals surface area contributed by atoms with Gasteiger partial charge in [-0.2, -0.15) is 0 Å². The molecular formula is C11H22O3. The summed E-state index contributed by atoms with van der Waals surface area (Å²) in [5, 5.41) is 0. The smallest absolute Gasteiger partial charge is 0.146 e. The fourth-order valence-electron chi connectivity index (χ4n) is 1.38. The molecule has 1 aliphatic heterocycles. The molecule has 0 aliphatic carbocycles. The van der Waals surface area contributed by atoms with Gasteiger partial charge in [0.15, 0.2) is 0 Å². The van der Waals surface area contributed by atoms with Crippen LogP contribution in [0.1, 0.15) is 27.2 Å². The molecule has 0 unspecified atom stereocenters. The predicted molar refractivity (Wildman–Crippen MR) is 55.2 cm³/mol. The third-order valence-electron chi connectivity index (χ3n) is 2.59. The maximum atomic E-state index is 5.48. The normalized spacial score (nSPS) is 19.7.